The molecular weight excluding hydrogens is 254 g/mol. The second-order valence-electron chi connectivity index (χ2n) is 4.60. The maximum absolute atomic E-state index is 11.8. The number of esters is 1. The fourth-order valence-corrected chi connectivity index (χ4v) is 2.36. The molecule has 0 saturated heterocycles. The summed E-state index contributed by atoms with van der Waals surface area (Å²) in [5, 5.41) is 7.76. The molecule has 1 N–H and O–H groups in total. The van der Waals surface area contributed by atoms with Gasteiger partial charge in [-0.1, -0.05) is 0 Å². The lowest BCUT2D eigenvalue weighted by molar-refractivity contribution is 0.0517. The van der Waals surface area contributed by atoms with Crippen LogP contribution in [0.5, 0.6) is 0 Å². The van der Waals surface area contributed by atoms with Gasteiger partial charge in [-0.25, -0.2) is 4.79 Å². The highest BCUT2D eigenvalue weighted by Crippen LogP contribution is 2.37. The van der Waals surface area contributed by atoms with Crippen LogP contribution < -0.4 is 5.32 Å². The van der Waals surface area contributed by atoms with E-state index in [-0.39, 0.29) is 18.4 Å². The lowest BCUT2D eigenvalue weighted by atomic mass is 10.1. The minimum absolute atomic E-state index is 0. The van der Waals surface area contributed by atoms with E-state index >= 15 is 0 Å². The molecule has 0 bridgehead atoms. The Hall–Kier alpha value is -1.07. The van der Waals surface area contributed by atoms with Gasteiger partial charge < -0.3 is 10.1 Å². The van der Waals surface area contributed by atoms with E-state index in [1.54, 1.807) is 0 Å². The van der Waals surface area contributed by atoms with Crippen LogP contribution in [0.4, 0.5) is 0 Å². The SMILES string of the molecule is CCOC(=O)c1nn(C2CC2)c2c1CNCC2.Cl. The summed E-state index contributed by atoms with van der Waals surface area (Å²) in [7, 11) is 0. The summed E-state index contributed by atoms with van der Waals surface area (Å²) in [4.78, 5) is 11.8. The first-order chi connectivity index (χ1) is 8.31. The second-order valence-corrected chi connectivity index (χ2v) is 4.60. The van der Waals surface area contributed by atoms with Crippen molar-refractivity contribution < 1.29 is 9.53 Å². The zero-order valence-corrected chi connectivity index (χ0v) is 11.3. The average Bonchev–Trinajstić information content (AvgIpc) is 3.10. The Morgan fingerprint density at radius 1 is 1.56 bits per heavy atom. The lowest BCUT2D eigenvalue weighted by Gasteiger charge is -2.15. The van der Waals surface area contributed by atoms with E-state index in [1.165, 1.54) is 18.5 Å². The van der Waals surface area contributed by atoms with Crippen LogP contribution in [0.3, 0.4) is 0 Å². The third-order valence-electron chi connectivity index (χ3n) is 3.32. The van der Waals surface area contributed by atoms with Gasteiger partial charge >= 0.3 is 5.97 Å². The van der Waals surface area contributed by atoms with Gasteiger partial charge in [-0.15, -0.1) is 12.4 Å². The maximum Gasteiger partial charge on any atom is 0.359 e. The molecule has 5 nitrogen and oxygen atoms in total. The monoisotopic (exact) mass is 271 g/mol. The van der Waals surface area contributed by atoms with Crippen LogP contribution in [0, 0.1) is 0 Å². The van der Waals surface area contributed by atoms with Crippen LogP contribution in [0.2, 0.25) is 0 Å². The maximum atomic E-state index is 11.8. The molecule has 3 rings (SSSR count). The van der Waals surface area contributed by atoms with Gasteiger partial charge in [0, 0.05) is 30.8 Å². The highest BCUT2D eigenvalue weighted by Gasteiger charge is 2.32. The normalized spacial score (nSPS) is 17.8. The average molecular weight is 272 g/mol. The number of fused-ring (bicyclic) bond motifs is 1. The first kappa shape index (κ1) is 13.4. The van der Waals surface area contributed by atoms with Crippen molar-refractivity contribution in [1.29, 1.82) is 0 Å². The van der Waals surface area contributed by atoms with Crippen molar-refractivity contribution in [1.82, 2.24) is 15.1 Å². The highest BCUT2D eigenvalue weighted by molar-refractivity contribution is 5.89. The molecule has 1 aliphatic heterocycles. The number of hydrogen-bond acceptors (Lipinski definition) is 4. The van der Waals surface area contributed by atoms with E-state index in [4.69, 9.17) is 4.74 Å². The predicted molar refractivity (Wildman–Crippen MR) is 69.1 cm³/mol. The molecular formula is C12H18ClN3O2. The van der Waals surface area contributed by atoms with Crippen molar-refractivity contribution in [2.45, 2.75) is 38.8 Å². The van der Waals surface area contributed by atoms with E-state index < -0.39 is 0 Å². The molecule has 2 heterocycles. The van der Waals surface area contributed by atoms with Crippen LogP contribution in [-0.4, -0.2) is 28.9 Å². The Bertz CT molecular complexity index is 454. The fourth-order valence-electron chi connectivity index (χ4n) is 2.36. The second kappa shape index (κ2) is 5.28. The molecule has 1 saturated carbocycles. The number of hydrogen-bond donors (Lipinski definition) is 1. The summed E-state index contributed by atoms with van der Waals surface area (Å²) in [6.45, 7) is 3.92. The molecule has 1 aromatic heterocycles. The van der Waals surface area contributed by atoms with Crippen LogP contribution in [-0.2, 0) is 17.7 Å². The first-order valence-corrected chi connectivity index (χ1v) is 6.29. The molecule has 1 aromatic rings. The first-order valence-electron chi connectivity index (χ1n) is 6.29. The van der Waals surface area contributed by atoms with Gasteiger partial charge in [0.15, 0.2) is 5.69 Å². The number of nitrogens with one attached hydrogen (secondary N) is 1. The topological polar surface area (TPSA) is 56.1 Å². The minimum atomic E-state index is -0.285. The van der Waals surface area contributed by atoms with E-state index in [9.17, 15) is 4.79 Å². The van der Waals surface area contributed by atoms with Crippen molar-refractivity contribution in [3.8, 4) is 0 Å². The highest BCUT2D eigenvalue weighted by atomic mass is 35.5. The number of carbonyl (C=O) groups is 1. The quantitative estimate of drug-likeness (QED) is 0.846. The summed E-state index contributed by atoms with van der Waals surface area (Å²) >= 11 is 0. The zero-order chi connectivity index (χ0) is 11.8. The van der Waals surface area contributed by atoms with Crippen molar-refractivity contribution in [2.24, 2.45) is 0 Å². The van der Waals surface area contributed by atoms with Gasteiger partial charge in [0.1, 0.15) is 0 Å². The largest absolute Gasteiger partial charge is 0.461 e. The Balaban J connectivity index is 0.00000120. The number of carbonyl (C=O) groups excluding carboxylic acids is 1. The molecule has 0 spiro atoms. The van der Waals surface area contributed by atoms with E-state index in [0.717, 1.165) is 25.1 Å². The molecule has 6 heteroatoms. The fraction of sp³-hybridized carbons (Fsp3) is 0.667. The molecule has 2 aliphatic rings. The van der Waals surface area contributed by atoms with Gasteiger partial charge in [-0.2, -0.15) is 5.10 Å². The summed E-state index contributed by atoms with van der Waals surface area (Å²) < 4.78 is 7.12. The molecule has 18 heavy (non-hydrogen) atoms. The Morgan fingerprint density at radius 2 is 2.33 bits per heavy atom. The standard InChI is InChI=1S/C12H17N3O2.ClH/c1-2-17-12(16)11-9-7-13-6-5-10(9)15(14-11)8-3-4-8;/h8,13H,2-7H2,1H3;1H. The number of nitrogens with zero attached hydrogens (tertiary/aromatic N) is 2. The lowest BCUT2D eigenvalue weighted by Crippen LogP contribution is -2.25. The van der Waals surface area contributed by atoms with Crippen LogP contribution in [0.25, 0.3) is 0 Å². The van der Waals surface area contributed by atoms with Crippen molar-refractivity contribution in [3.63, 3.8) is 0 Å². The molecule has 100 valence electrons. The molecule has 0 unspecified atom stereocenters. The molecule has 0 radical (unpaired) electrons. The molecule has 0 aromatic carbocycles. The van der Waals surface area contributed by atoms with Gasteiger partial charge in [-0.05, 0) is 19.8 Å². The van der Waals surface area contributed by atoms with Gasteiger partial charge in [-0.3, -0.25) is 4.68 Å². The van der Waals surface area contributed by atoms with Crippen molar-refractivity contribution in [2.75, 3.05) is 13.2 Å². The van der Waals surface area contributed by atoms with E-state index in [1.807, 2.05) is 6.92 Å². The van der Waals surface area contributed by atoms with Crippen LogP contribution in [0.1, 0.15) is 47.6 Å². The van der Waals surface area contributed by atoms with Gasteiger partial charge in [0.05, 0.1) is 12.6 Å². The minimum Gasteiger partial charge on any atom is -0.461 e. The van der Waals surface area contributed by atoms with Gasteiger partial charge in [0.25, 0.3) is 0 Å². The molecule has 1 fully saturated rings. The predicted octanol–water partition coefficient (Wildman–Crippen LogP) is 1.46. The van der Waals surface area contributed by atoms with E-state index in [2.05, 4.69) is 15.1 Å². The van der Waals surface area contributed by atoms with Gasteiger partial charge in [0.2, 0.25) is 0 Å². The van der Waals surface area contributed by atoms with Crippen LogP contribution in [0.15, 0.2) is 0 Å². The number of rotatable bonds is 3. The number of ether oxygens (including phenoxy) is 1. The summed E-state index contributed by atoms with van der Waals surface area (Å²) in [6.07, 6.45) is 3.33. The Kier molecular flexibility index (Phi) is 3.92. The zero-order valence-electron chi connectivity index (χ0n) is 10.4. The molecule has 1 aliphatic carbocycles. The molecule has 0 atom stereocenters. The van der Waals surface area contributed by atoms with Crippen molar-refractivity contribution >= 4 is 18.4 Å². The van der Waals surface area contributed by atoms with E-state index in [0.29, 0.717) is 18.3 Å². The Labute approximate surface area is 112 Å². The Morgan fingerprint density at radius 3 is 3.00 bits per heavy atom. The smallest absolute Gasteiger partial charge is 0.359 e. The van der Waals surface area contributed by atoms with Crippen molar-refractivity contribution in [3.05, 3.63) is 17.0 Å². The third-order valence-corrected chi connectivity index (χ3v) is 3.32. The summed E-state index contributed by atoms with van der Waals surface area (Å²) in [5.41, 5.74) is 2.79. The summed E-state index contributed by atoms with van der Waals surface area (Å²) in [5.74, 6) is -0.285. The van der Waals surface area contributed by atoms with Crippen LogP contribution >= 0.6 is 12.4 Å². The molecule has 0 amide bonds. The number of aromatic nitrogens is 2. The number of halogens is 1. The third kappa shape index (κ3) is 2.24. The summed E-state index contributed by atoms with van der Waals surface area (Å²) in [6, 6.07) is 0.519.